The Bertz CT molecular complexity index is 544. The summed E-state index contributed by atoms with van der Waals surface area (Å²) in [5.74, 6) is 0. The van der Waals surface area contributed by atoms with Gasteiger partial charge in [0.2, 0.25) is 0 Å². The van der Waals surface area contributed by atoms with Crippen molar-refractivity contribution in [2.45, 2.75) is 25.5 Å². The zero-order valence-electron chi connectivity index (χ0n) is 12.6. The molecule has 0 heterocycles. The fourth-order valence-corrected chi connectivity index (χ4v) is 2.71. The van der Waals surface area contributed by atoms with Crippen LogP contribution in [0.5, 0.6) is 0 Å². The average Bonchev–Trinajstić information content (AvgIpc) is 2.52. The van der Waals surface area contributed by atoms with Gasteiger partial charge in [-0.25, -0.2) is 0 Å². The Kier molecular flexibility index (Phi) is 6.24. The monoisotopic (exact) mass is 303 g/mol. The van der Waals surface area contributed by atoms with Crippen LogP contribution in [0, 0.1) is 0 Å². The maximum Gasteiger partial charge on any atom is 0.102 e. The fourth-order valence-electron chi connectivity index (χ4n) is 2.51. The van der Waals surface area contributed by atoms with Crippen LogP contribution in [-0.2, 0) is 4.74 Å². The molecule has 0 aliphatic heterocycles. The molecule has 0 spiro atoms. The molecule has 2 aromatic rings. The van der Waals surface area contributed by atoms with Crippen LogP contribution in [0.25, 0.3) is 0 Å². The maximum atomic E-state index is 6.15. The van der Waals surface area contributed by atoms with E-state index in [9.17, 15) is 0 Å². The summed E-state index contributed by atoms with van der Waals surface area (Å²) in [7, 11) is 1.75. The van der Waals surface area contributed by atoms with Crippen molar-refractivity contribution in [2.24, 2.45) is 0 Å². The largest absolute Gasteiger partial charge is 0.375 e. The molecule has 2 unspecified atom stereocenters. The van der Waals surface area contributed by atoms with Crippen molar-refractivity contribution in [1.29, 1.82) is 0 Å². The third-order valence-corrected chi connectivity index (χ3v) is 3.74. The minimum Gasteiger partial charge on any atom is -0.375 e. The number of benzene rings is 2. The molecule has 0 bridgehead atoms. The number of hydrogen-bond acceptors (Lipinski definition) is 2. The Morgan fingerprint density at radius 1 is 1.05 bits per heavy atom. The Hall–Kier alpha value is -1.35. The van der Waals surface area contributed by atoms with Gasteiger partial charge in [-0.15, -0.1) is 0 Å². The van der Waals surface area contributed by atoms with Crippen molar-refractivity contribution in [3.8, 4) is 0 Å². The summed E-state index contributed by atoms with van der Waals surface area (Å²) >= 11 is 6.15. The second-order valence-corrected chi connectivity index (χ2v) is 5.49. The number of nitrogens with one attached hydrogen (secondary N) is 1. The average molecular weight is 304 g/mol. The van der Waals surface area contributed by atoms with Crippen molar-refractivity contribution in [1.82, 2.24) is 5.32 Å². The van der Waals surface area contributed by atoms with Crippen LogP contribution in [0.1, 0.15) is 36.6 Å². The second kappa shape index (κ2) is 8.18. The van der Waals surface area contributed by atoms with E-state index in [0.717, 1.165) is 29.1 Å². The highest BCUT2D eigenvalue weighted by atomic mass is 35.5. The molecule has 0 aliphatic rings. The van der Waals surface area contributed by atoms with E-state index in [1.54, 1.807) is 7.11 Å². The molecule has 0 saturated heterocycles. The molecule has 3 heteroatoms. The molecule has 2 aromatic carbocycles. The summed E-state index contributed by atoms with van der Waals surface area (Å²) in [4.78, 5) is 0. The normalized spacial score (nSPS) is 13.9. The van der Waals surface area contributed by atoms with Gasteiger partial charge in [0.05, 0.1) is 6.04 Å². The predicted octanol–water partition coefficient (Wildman–Crippen LogP) is 4.77. The molecular weight excluding hydrogens is 282 g/mol. The maximum absolute atomic E-state index is 6.15. The Labute approximate surface area is 132 Å². The van der Waals surface area contributed by atoms with Gasteiger partial charge in [0.1, 0.15) is 6.10 Å². The third-order valence-electron chi connectivity index (χ3n) is 3.51. The summed E-state index contributed by atoms with van der Waals surface area (Å²) in [6.45, 7) is 3.09. The first-order valence-electron chi connectivity index (χ1n) is 7.33. The zero-order chi connectivity index (χ0) is 15.1. The molecule has 0 saturated carbocycles. The SMILES string of the molecule is CCCNC(c1cccc(Cl)c1)C(OC)c1ccccc1. The van der Waals surface area contributed by atoms with Crippen molar-refractivity contribution >= 4 is 11.6 Å². The standard InChI is InChI=1S/C18H22ClNO/c1-3-12-20-17(15-10-7-11-16(19)13-15)18(21-2)14-8-5-4-6-9-14/h4-11,13,17-18,20H,3,12H2,1-2H3. The molecule has 0 aromatic heterocycles. The highest BCUT2D eigenvalue weighted by molar-refractivity contribution is 6.30. The van der Waals surface area contributed by atoms with Crippen LogP contribution in [0.15, 0.2) is 54.6 Å². The number of ether oxygens (including phenoxy) is 1. The highest BCUT2D eigenvalue weighted by Crippen LogP contribution is 2.32. The van der Waals surface area contributed by atoms with Crippen LogP contribution in [0.2, 0.25) is 5.02 Å². The Morgan fingerprint density at radius 3 is 2.38 bits per heavy atom. The van der Waals surface area contributed by atoms with Crippen LogP contribution >= 0.6 is 11.6 Å². The van der Waals surface area contributed by atoms with Gasteiger partial charge >= 0.3 is 0 Å². The summed E-state index contributed by atoms with van der Waals surface area (Å²) in [5, 5.41) is 4.33. The van der Waals surface area contributed by atoms with Gasteiger partial charge < -0.3 is 10.1 Å². The van der Waals surface area contributed by atoms with Gasteiger partial charge in [0, 0.05) is 12.1 Å². The van der Waals surface area contributed by atoms with Crippen molar-refractivity contribution < 1.29 is 4.74 Å². The molecule has 2 atom stereocenters. The molecule has 2 rings (SSSR count). The third kappa shape index (κ3) is 4.31. The van der Waals surface area contributed by atoms with E-state index in [4.69, 9.17) is 16.3 Å². The minimum atomic E-state index is -0.0452. The molecule has 0 radical (unpaired) electrons. The molecule has 1 N–H and O–H groups in total. The first-order chi connectivity index (χ1) is 10.3. The molecule has 0 fully saturated rings. The second-order valence-electron chi connectivity index (χ2n) is 5.05. The summed E-state index contributed by atoms with van der Waals surface area (Å²) < 4.78 is 5.78. The molecule has 0 aliphatic carbocycles. The first-order valence-corrected chi connectivity index (χ1v) is 7.70. The minimum absolute atomic E-state index is 0.0452. The molecule has 2 nitrogen and oxygen atoms in total. The van der Waals surface area contributed by atoms with Crippen LogP contribution < -0.4 is 5.32 Å². The topological polar surface area (TPSA) is 21.3 Å². The molecule has 112 valence electrons. The number of halogens is 1. The van der Waals surface area contributed by atoms with Crippen LogP contribution in [-0.4, -0.2) is 13.7 Å². The van der Waals surface area contributed by atoms with Crippen LogP contribution in [0.4, 0.5) is 0 Å². The highest BCUT2D eigenvalue weighted by Gasteiger charge is 2.24. The Morgan fingerprint density at radius 2 is 1.76 bits per heavy atom. The van der Waals surface area contributed by atoms with Crippen LogP contribution in [0.3, 0.4) is 0 Å². The zero-order valence-corrected chi connectivity index (χ0v) is 13.3. The van der Waals surface area contributed by atoms with Gasteiger partial charge in [-0.1, -0.05) is 61.0 Å². The van der Waals surface area contributed by atoms with E-state index >= 15 is 0 Å². The van der Waals surface area contributed by atoms with Gasteiger partial charge in [0.25, 0.3) is 0 Å². The predicted molar refractivity (Wildman–Crippen MR) is 88.7 cm³/mol. The lowest BCUT2D eigenvalue weighted by Gasteiger charge is -2.28. The smallest absolute Gasteiger partial charge is 0.102 e. The van der Waals surface area contributed by atoms with Crippen molar-refractivity contribution in [3.63, 3.8) is 0 Å². The molecule has 21 heavy (non-hydrogen) atoms. The Balaban J connectivity index is 2.33. The first kappa shape index (κ1) is 16.0. The lowest BCUT2D eigenvalue weighted by molar-refractivity contribution is 0.0676. The quantitative estimate of drug-likeness (QED) is 0.795. The summed E-state index contributed by atoms with van der Waals surface area (Å²) in [6, 6.07) is 18.3. The number of hydrogen-bond donors (Lipinski definition) is 1. The van der Waals surface area contributed by atoms with Gasteiger partial charge in [-0.2, -0.15) is 0 Å². The number of rotatable bonds is 7. The van der Waals surface area contributed by atoms with E-state index in [2.05, 4.69) is 30.4 Å². The lowest BCUT2D eigenvalue weighted by Crippen LogP contribution is -2.29. The van der Waals surface area contributed by atoms with E-state index in [1.165, 1.54) is 0 Å². The summed E-state index contributed by atoms with van der Waals surface area (Å²) in [6.07, 6.45) is 1.03. The van der Waals surface area contributed by atoms with Crippen molar-refractivity contribution in [2.75, 3.05) is 13.7 Å². The van der Waals surface area contributed by atoms with Gasteiger partial charge in [-0.3, -0.25) is 0 Å². The molecule has 0 amide bonds. The van der Waals surface area contributed by atoms with Crippen molar-refractivity contribution in [3.05, 3.63) is 70.7 Å². The van der Waals surface area contributed by atoms with E-state index < -0.39 is 0 Å². The number of methoxy groups -OCH3 is 1. The summed E-state index contributed by atoms with van der Waals surface area (Å²) in [5.41, 5.74) is 2.31. The van der Waals surface area contributed by atoms with E-state index in [0.29, 0.717) is 0 Å². The van der Waals surface area contributed by atoms with E-state index in [1.807, 2.05) is 36.4 Å². The van der Waals surface area contributed by atoms with E-state index in [-0.39, 0.29) is 12.1 Å². The van der Waals surface area contributed by atoms with Gasteiger partial charge in [0.15, 0.2) is 0 Å². The van der Waals surface area contributed by atoms with Gasteiger partial charge in [-0.05, 0) is 36.2 Å². The lowest BCUT2D eigenvalue weighted by atomic mass is 9.95. The molecular formula is C18H22ClNO. The fraction of sp³-hybridized carbons (Fsp3) is 0.333.